The Morgan fingerprint density at radius 3 is 2.61 bits per heavy atom. The summed E-state index contributed by atoms with van der Waals surface area (Å²) in [6.45, 7) is 5.76. The fraction of sp³-hybridized carbons (Fsp3) is 0.364. The predicted molar refractivity (Wildman–Crippen MR) is 122 cm³/mol. The number of nitrogens with zero attached hydrogens (tertiary/aromatic N) is 3. The van der Waals surface area contributed by atoms with Gasteiger partial charge in [0.2, 0.25) is 0 Å². The Hall–Kier alpha value is -1.89. The molecule has 0 bridgehead atoms. The number of benzene rings is 2. The fourth-order valence-corrected chi connectivity index (χ4v) is 4.95. The maximum atomic E-state index is 13.5. The molecule has 1 amide bonds. The number of hydrogen-bond donors (Lipinski definition) is 0. The maximum absolute atomic E-state index is 13.5. The average Bonchev–Trinajstić information content (AvgIpc) is 3.10. The molecule has 1 heterocycles. The van der Waals surface area contributed by atoms with E-state index in [4.69, 9.17) is 4.98 Å². The van der Waals surface area contributed by atoms with E-state index in [2.05, 4.69) is 45.0 Å². The first-order valence-electron chi connectivity index (χ1n) is 9.55. The van der Waals surface area contributed by atoms with Crippen molar-refractivity contribution >= 4 is 44.4 Å². The number of fused-ring (bicyclic) bond motifs is 1. The third kappa shape index (κ3) is 4.74. The molecule has 28 heavy (non-hydrogen) atoms. The number of aryl methyl sites for hydroxylation is 1. The molecule has 0 aliphatic carbocycles. The van der Waals surface area contributed by atoms with E-state index in [1.165, 1.54) is 0 Å². The fourth-order valence-electron chi connectivity index (χ4n) is 3.09. The lowest BCUT2D eigenvalue weighted by Gasteiger charge is -2.22. The highest BCUT2D eigenvalue weighted by Gasteiger charge is 2.23. The average molecular weight is 414 g/mol. The second-order valence-electron chi connectivity index (χ2n) is 6.96. The van der Waals surface area contributed by atoms with Gasteiger partial charge in [0, 0.05) is 11.4 Å². The summed E-state index contributed by atoms with van der Waals surface area (Å²) in [5.74, 6) is 0.970. The van der Waals surface area contributed by atoms with Crippen LogP contribution in [0.25, 0.3) is 10.2 Å². The van der Waals surface area contributed by atoms with E-state index in [9.17, 15) is 4.79 Å². The second kappa shape index (κ2) is 9.54. The van der Waals surface area contributed by atoms with Gasteiger partial charge in [0.15, 0.2) is 5.13 Å². The Morgan fingerprint density at radius 1 is 1.11 bits per heavy atom. The summed E-state index contributed by atoms with van der Waals surface area (Å²) in [5.41, 5.74) is 2.89. The molecule has 0 N–H and O–H groups in total. The largest absolute Gasteiger partial charge is 0.309 e. The molecule has 0 unspecified atom stereocenters. The maximum Gasteiger partial charge on any atom is 0.261 e. The molecule has 148 valence electrons. The summed E-state index contributed by atoms with van der Waals surface area (Å²) >= 11 is 3.30. The lowest BCUT2D eigenvalue weighted by molar-refractivity contribution is 0.0983. The number of thiazole rings is 1. The summed E-state index contributed by atoms with van der Waals surface area (Å²) in [6.07, 6.45) is 0.900. The van der Waals surface area contributed by atoms with Crippen LogP contribution in [0.15, 0.2) is 47.4 Å². The highest BCUT2D eigenvalue weighted by molar-refractivity contribution is 7.99. The van der Waals surface area contributed by atoms with E-state index in [1.807, 2.05) is 35.2 Å². The van der Waals surface area contributed by atoms with Gasteiger partial charge in [0.05, 0.1) is 15.8 Å². The topological polar surface area (TPSA) is 36.4 Å². The van der Waals surface area contributed by atoms with Gasteiger partial charge in [0.1, 0.15) is 0 Å². The van der Waals surface area contributed by atoms with Crippen molar-refractivity contribution in [2.24, 2.45) is 0 Å². The standard InChI is InChI=1S/C22H27N3OS2/c1-5-27-18-12-7-6-11-17(18)21(26)25(15-9-14-24(3)4)22-23-20-16(2)10-8-13-19(20)28-22/h6-8,10-13H,5,9,14-15H2,1-4H3. The van der Waals surface area contributed by atoms with Gasteiger partial charge in [-0.2, -0.15) is 0 Å². The molecule has 6 heteroatoms. The van der Waals surface area contributed by atoms with Crippen molar-refractivity contribution in [2.45, 2.75) is 25.2 Å². The van der Waals surface area contributed by atoms with Crippen LogP contribution in [0.5, 0.6) is 0 Å². The first kappa shape index (κ1) is 20.8. The van der Waals surface area contributed by atoms with Gasteiger partial charge in [-0.15, -0.1) is 11.8 Å². The molecule has 0 aliphatic heterocycles. The van der Waals surface area contributed by atoms with E-state index < -0.39 is 0 Å². The number of carbonyl (C=O) groups is 1. The van der Waals surface area contributed by atoms with Crippen LogP contribution in [0.2, 0.25) is 0 Å². The van der Waals surface area contributed by atoms with Crippen molar-refractivity contribution in [2.75, 3.05) is 37.8 Å². The molecule has 0 saturated carbocycles. The number of para-hydroxylation sites is 1. The smallest absolute Gasteiger partial charge is 0.261 e. The Labute approximate surface area is 175 Å². The molecule has 3 aromatic rings. The SMILES string of the molecule is CCSc1ccccc1C(=O)N(CCCN(C)C)c1nc2c(C)cccc2s1. The number of amides is 1. The molecule has 0 saturated heterocycles. The van der Waals surface area contributed by atoms with Crippen LogP contribution >= 0.6 is 23.1 Å². The minimum atomic E-state index is 0.0343. The van der Waals surface area contributed by atoms with E-state index in [0.717, 1.165) is 50.1 Å². The Kier molecular flexibility index (Phi) is 7.10. The lowest BCUT2D eigenvalue weighted by Crippen LogP contribution is -2.33. The van der Waals surface area contributed by atoms with E-state index in [-0.39, 0.29) is 5.91 Å². The van der Waals surface area contributed by atoms with Gasteiger partial charge >= 0.3 is 0 Å². The van der Waals surface area contributed by atoms with Crippen LogP contribution in [0.1, 0.15) is 29.3 Å². The molecule has 3 rings (SSSR count). The Balaban J connectivity index is 1.98. The predicted octanol–water partition coefficient (Wildman–Crippen LogP) is 5.32. The molecule has 0 spiro atoms. The molecule has 0 aliphatic rings. The van der Waals surface area contributed by atoms with E-state index in [1.54, 1.807) is 23.1 Å². The molecule has 0 fully saturated rings. The molecule has 1 aromatic heterocycles. The number of anilines is 1. The van der Waals surface area contributed by atoms with Crippen molar-refractivity contribution in [1.29, 1.82) is 0 Å². The molecule has 0 atom stereocenters. The van der Waals surface area contributed by atoms with Gasteiger partial charge in [-0.3, -0.25) is 9.69 Å². The first-order chi connectivity index (χ1) is 13.5. The molecule has 2 aromatic carbocycles. The first-order valence-corrected chi connectivity index (χ1v) is 11.4. The molecular formula is C22H27N3OS2. The van der Waals surface area contributed by atoms with Gasteiger partial charge in [-0.25, -0.2) is 4.98 Å². The quantitative estimate of drug-likeness (QED) is 0.469. The third-order valence-corrected chi connectivity index (χ3v) is 6.49. The number of thioether (sulfide) groups is 1. The van der Waals surface area contributed by atoms with E-state index in [0.29, 0.717) is 6.54 Å². The number of aromatic nitrogens is 1. The zero-order chi connectivity index (χ0) is 20.1. The second-order valence-corrected chi connectivity index (χ2v) is 9.28. The van der Waals surface area contributed by atoms with Gasteiger partial charge < -0.3 is 4.90 Å². The number of hydrogen-bond acceptors (Lipinski definition) is 5. The van der Waals surface area contributed by atoms with Gasteiger partial charge in [-0.1, -0.05) is 42.5 Å². The minimum Gasteiger partial charge on any atom is -0.309 e. The third-order valence-electron chi connectivity index (χ3n) is 4.49. The summed E-state index contributed by atoms with van der Waals surface area (Å²) in [6, 6.07) is 14.1. The van der Waals surface area contributed by atoms with Gasteiger partial charge in [-0.05, 0) is 63.5 Å². The van der Waals surface area contributed by atoms with Gasteiger partial charge in [0.25, 0.3) is 5.91 Å². The van der Waals surface area contributed by atoms with Crippen molar-refractivity contribution in [3.8, 4) is 0 Å². The zero-order valence-electron chi connectivity index (χ0n) is 16.9. The number of rotatable bonds is 8. The van der Waals surface area contributed by atoms with Crippen LogP contribution in [-0.4, -0.2) is 48.7 Å². The summed E-state index contributed by atoms with van der Waals surface area (Å²) in [7, 11) is 4.11. The molecule has 0 radical (unpaired) electrons. The highest BCUT2D eigenvalue weighted by Crippen LogP contribution is 2.32. The molecule has 4 nitrogen and oxygen atoms in total. The van der Waals surface area contributed by atoms with Crippen molar-refractivity contribution in [1.82, 2.24) is 9.88 Å². The summed E-state index contributed by atoms with van der Waals surface area (Å²) in [5, 5.41) is 0.782. The molecular weight excluding hydrogens is 386 g/mol. The Bertz CT molecular complexity index is 952. The lowest BCUT2D eigenvalue weighted by atomic mass is 10.2. The summed E-state index contributed by atoms with van der Waals surface area (Å²) < 4.78 is 1.12. The highest BCUT2D eigenvalue weighted by atomic mass is 32.2. The van der Waals surface area contributed by atoms with Crippen LogP contribution in [0, 0.1) is 6.92 Å². The normalized spacial score (nSPS) is 11.3. The summed E-state index contributed by atoms with van der Waals surface area (Å²) in [4.78, 5) is 23.4. The van der Waals surface area contributed by atoms with Crippen LogP contribution in [-0.2, 0) is 0 Å². The van der Waals surface area contributed by atoms with Crippen molar-refractivity contribution in [3.05, 3.63) is 53.6 Å². The van der Waals surface area contributed by atoms with Crippen molar-refractivity contribution in [3.63, 3.8) is 0 Å². The van der Waals surface area contributed by atoms with Crippen LogP contribution in [0.3, 0.4) is 0 Å². The Morgan fingerprint density at radius 2 is 1.89 bits per heavy atom. The van der Waals surface area contributed by atoms with E-state index >= 15 is 0 Å². The number of carbonyl (C=O) groups excluding carboxylic acids is 1. The van der Waals surface area contributed by atoms with Crippen molar-refractivity contribution < 1.29 is 4.79 Å². The van der Waals surface area contributed by atoms with Crippen LogP contribution in [0.4, 0.5) is 5.13 Å². The zero-order valence-corrected chi connectivity index (χ0v) is 18.6. The monoisotopic (exact) mass is 413 g/mol. The minimum absolute atomic E-state index is 0.0343. The van der Waals surface area contributed by atoms with Crippen LogP contribution < -0.4 is 4.90 Å².